The van der Waals surface area contributed by atoms with Crippen LogP contribution in [0.25, 0.3) is 0 Å². The standard InChI is InChI=1S/C12H13ClN4O.C12H13ClN4/c13-12-9(2-1-5-14-12)11(18)10-7-17(16-15-10)6-8-3-4-8;13-12-10(2-1-5-14-12)6-11-8-17(16-15-11)7-9-3-4-9/h1-2,5,7-8,11,18H,3-4,6H2;1-2,5,8-9H,3-4,6-7H2. The summed E-state index contributed by atoms with van der Waals surface area (Å²) in [6, 6.07) is 7.32. The highest BCUT2D eigenvalue weighted by Crippen LogP contribution is 2.31. The van der Waals surface area contributed by atoms with E-state index in [1.165, 1.54) is 25.7 Å². The smallest absolute Gasteiger partial charge is 0.135 e. The molecule has 2 aliphatic carbocycles. The summed E-state index contributed by atoms with van der Waals surface area (Å²) in [6.45, 7) is 1.87. The van der Waals surface area contributed by atoms with Gasteiger partial charge < -0.3 is 5.11 Å². The molecule has 2 aliphatic rings. The zero-order chi connectivity index (χ0) is 24.2. The zero-order valence-corrected chi connectivity index (χ0v) is 20.6. The molecule has 35 heavy (non-hydrogen) atoms. The number of hydrogen-bond acceptors (Lipinski definition) is 7. The van der Waals surface area contributed by atoms with Gasteiger partial charge >= 0.3 is 0 Å². The normalized spacial score (nSPS) is 16.0. The molecule has 0 aromatic carbocycles. The minimum Gasteiger partial charge on any atom is -0.382 e. The lowest BCUT2D eigenvalue weighted by Crippen LogP contribution is -2.02. The van der Waals surface area contributed by atoms with Crippen LogP contribution in [0.4, 0.5) is 0 Å². The van der Waals surface area contributed by atoms with Crippen LogP contribution >= 0.6 is 23.2 Å². The third kappa shape index (κ3) is 6.62. The van der Waals surface area contributed by atoms with Crippen LogP contribution in [0.15, 0.2) is 49.1 Å². The Morgan fingerprint density at radius 1 is 0.857 bits per heavy atom. The number of aliphatic hydroxyl groups excluding tert-OH is 1. The van der Waals surface area contributed by atoms with E-state index in [9.17, 15) is 5.11 Å². The first-order valence-electron chi connectivity index (χ1n) is 11.7. The Balaban J connectivity index is 0.000000145. The van der Waals surface area contributed by atoms with E-state index < -0.39 is 6.10 Å². The summed E-state index contributed by atoms with van der Waals surface area (Å²) in [5, 5.41) is 27.3. The molecule has 11 heteroatoms. The van der Waals surface area contributed by atoms with E-state index in [0.717, 1.165) is 36.2 Å². The number of pyridine rings is 2. The van der Waals surface area contributed by atoms with Crippen molar-refractivity contribution in [3.05, 3.63) is 81.9 Å². The summed E-state index contributed by atoms with van der Waals surface area (Å²) in [5.41, 5.74) is 3.00. The number of rotatable bonds is 8. The van der Waals surface area contributed by atoms with E-state index in [1.54, 1.807) is 35.4 Å². The van der Waals surface area contributed by atoms with Crippen LogP contribution in [-0.4, -0.2) is 45.1 Å². The van der Waals surface area contributed by atoms with Crippen LogP contribution in [0.2, 0.25) is 10.3 Å². The average Bonchev–Trinajstić information content (AvgIpc) is 3.76. The third-order valence-corrected chi connectivity index (χ3v) is 6.65. The molecular weight excluding hydrogens is 487 g/mol. The van der Waals surface area contributed by atoms with Gasteiger partial charge in [0.05, 0.1) is 11.9 Å². The lowest BCUT2D eigenvalue weighted by molar-refractivity contribution is 0.215. The summed E-state index contributed by atoms with van der Waals surface area (Å²) in [4.78, 5) is 7.99. The van der Waals surface area contributed by atoms with Gasteiger partial charge in [-0.05, 0) is 55.2 Å². The average molecular weight is 513 g/mol. The molecule has 2 fully saturated rings. The summed E-state index contributed by atoms with van der Waals surface area (Å²) < 4.78 is 3.71. The van der Waals surface area contributed by atoms with Crippen molar-refractivity contribution in [1.29, 1.82) is 0 Å². The number of aliphatic hydroxyl groups is 1. The Hall–Kier alpha value is -2.88. The van der Waals surface area contributed by atoms with E-state index in [4.69, 9.17) is 23.2 Å². The molecule has 4 aromatic rings. The fraction of sp³-hybridized carbons (Fsp3) is 0.417. The monoisotopic (exact) mass is 512 g/mol. The predicted molar refractivity (Wildman–Crippen MR) is 131 cm³/mol. The maximum absolute atomic E-state index is 10.2. The summed E-state index contributed by atoms with van der Waals surface area (Å²) in [6.07, 6.45) is 12.0. The van der Waals surface area contributed by atoms with Crippen molar-refractivity contribution < 1.29 is 5.11 Å². The summed E-state index contributed by atoms with van der Waals surface area (Å²) in [7, 11) is 0. The number of aromatic nitrogens is 8. The topological polar surface area (TPSA) is 107 Å². The van der Waals surface area contributed by atoms with Gasteiger partial charge in [-0.2, -0.15) is 0 Å². The summed E-state index contributed by atoms with van der Waals surface area (Å²) in [5.74, 6) is 1.53. The second-order valence-corrected chi connectivity index (χ2v) is 9.82. The van der Waals surface area contributed by atoms with Crippen molar-refractivity contribution in [3.63, 3.8) is 0 Å². The van der Waals surface area contributed by atoms with E-state index >= 15 is 0 Å². The van der Waals surface area contributed by atoms with E-state index in [2.05, 4.69) is 30.6 Å². The van der Waals surface area contributed by atoms with Crippen LogP contribution in [0.1, 0.15) is 54.3 Å². The molecule has 1 atom stereocenters. The van der Waals surface area contributed by atoms with Crippen LogP contribution in [0, 0.1) is 11.8 Å². The fourth-order valence-corrected chi connectivity index (χ4v) is 4.08. The van der Waals surface area contributed by atoms with Crippen LogP contribution in [0.5, 0.6) is 0 Å². The lowest BCUT2D eigenvalue weighted by Gasteiger charge is -2.08. The highest BCUT2D eigenvalue weighted by molar-refractivity contribution is 6.30. The van der Waals surface area contributed by atoms with Gasteiger partial charge in [-0.15, -0.1) is 10.2 Å². The molecule has 4 heterocycles. The lowest BCUT2D eigenvalue weighted by atomic mass is 10.1. The van der Waals surface area contributed by atoms with E-state index in [1.807, 2.05) is 23.0 Å². The molecule has 0 aliphatic heterocycles. The second-order valence-electron chi connectivity index (χ2n) is 9.10. The minimum atomic E-state index is -0.876. The van der Waals surface area contributed by atoms with Crippen LogP contribution in [-0.2, 0) is 19.5 Å². The number of halogens is 2. The van der Waals surface area contributed by atoms with Gasteiger partial charge in [0.15, 0.2) is 0 Å². The molecule has 0 amide bonds. The van der Waals surface area contributed by atoms with Gasteiger partial charge in [0.25, 0.3) is 0 Å². The Morgan fingerprint density at radius 3 is 2.14 bits per heavy atom. The molecule has 0 radical (unpaired) electrons. The number of nitrogens with zero attached hydrogens (tertiary/aromatic N) is 8. The third-order valence-electron chi connectivity index (χ3n) is 6.00. The van der Waals surface area contributed by atoms with Gasteiger partial charge in [-0.1, -0.05) is 45.8 Å². The van der Waals surface area contributed by atoms with Crippen molar-refractivity contribution in [2.45, 2.75) is 51.3 Å². The second kappa shape index (κ2) is 10.8. The van der Waals surface area contributed by atoms with Crippen molar-refractivity contribution in [1.82, 2.24) is 40.0 Å². The van der Waals surface area contributed by atoms with Crippen LogP contribution < -0.4 is 0 Å². The molecule has 182 valence electrons. The van der Waals surface area contributed by atoms with Gasteiger partial charge in [0.1, 0.15) is 22.1 Å². The minimum absolute atomic E-state index is 0.293. The van der Waals surface area contributed by atoms with Gasteiger partial charge in [0, 0.05) is 43.7 Å². The molecule has 0 spiro atoms. The largest absolute Gasteiger partial charge is 0.382 e. The maximum Gasteiger partial charge on any atom is 0.135 e. The van der Waals surface area contributed by atoms with Gasteiger partial charge in [-0.25, -0.2) is 9.97 Å². The molecule has 2 saturated carbocycles. The summed E-state index contributed by atoms with van der Waals surface area (Å²) >= 11 is 12.0. The molecule has 9 nitrogen and oxygen atoms in total. The quantitative estimate of drug-likeness (QED) is 0.353. The molecule has 0 saturated heterocycles. The molecule has 1 unspecified atom stereocenters. The van der Waals surface area contributed by atoms with Gasteiger partial charge in [-0.3, -0.25) is 9.36 Å². The SMILES string of the molecule is Clc1ncccc1Cc1cn(CC2CC2)nn1.OC(c1cn(CC2CC2)nn1)c1cccnc1Cl. The molecule has 1 N–H and O–H groups in total. The first kappa shape index (κ1) is 23.8. The van der Waals surface area contributed by atoms with E-state index in [0.29, 0.717) is 28.0 Å². The van der Waals surface area contributed by atoms with Gasteiger partial charge in [0.2, 0.25) is 0 Å². The molecule has 0 bridgehead atoms. The Kier molecular flexibility index (Phi) is 7.36. The first-order chi connectivity index (χ1) is 17.0. The first-order valence-corrected chi connectivity index (χ1v) is 12.5. The molecule has 4 aromatic heterocycles. The zero-order valence-electron chi connectivity index (χ0n) is 19.1. The van der Waals surface area contributed by atoms with Crippen molar-refractivity contribution in [2.75, 3.05) is 0 Å². The highest BCUT2D eigenvalue weighted by atomic mass is 35.5. The molecular formula is C24H26Cl2N8O. The van der Waals surface area contributed by atoms with E-state index in [-0.39, 0.29) is 0 Å². The molecule has 6 rings (SSSR count). The number of hydrogen-bond donors (Lipinski definition) is 1. The fourth-order valence-electron chi connectivity index (χ4n) is 3.67. The Morgan fingerprint density at radius 2 is 1.49 bits per heavy atom. The highest BCUT2D eigenvalue weighted by Gasteiger charge is 2.24. The maximum atomic E-state index is 10.2. The predicted octanol–water partition coefficient (Wildman–Crippen LogP) is 4.15. The van der Waals surface area contributed by atoms with Crippen LogP contribution in [0.3, 0.4) is 0 Å². The van der Waals surface area contributed by atoms with Crippen molar-refractivity contribution in [2.24, 2.45) is 11.8 Å². The Bertz CT molecular complexity index is 1270. The van der Waals surface area contributed by atoms with Crippen molar-refractivity contribution in [3.8, 4) is 0 Å². The van der Waals surface area contributed by atoms with Crippen molar-refractivity contribution >= 4 is 23.2 Å². The Labute approximate surface area is 213 Å².